The standard InChI is InChI=1S/C32H41N3O2/c1-6-35-31(36)34-20-27-17-26(25-7-8-25)18-28(37-5)30(27)23(4)16-29(34)32(35)9-11-33(12-10-32)19-24-14-21(2)13-22(3)15-24/h13-18,23,25H,6-12,19-20H2,1-5H3/t23-/m1/s1. The topological polar surface area (TPSA) is 36.0 Å². The van der Waals surface area contributed by atoms with Crippen molar-refractivity contribution in [1.29, 1.82) is 0 Å². The van der Waals surface area contributed by atoms with Gasteiger partial charge in [0.15, 0.2) is 0 Å². The van der Waals surface area contributed by atoms with Gasteiger partial charge >= 0.3 is 6.03 Å². The van der Waals surface area contributed by atoms with E-state index >= 15 is 0 Å². The van der Waals surface area contributed by atoms with Gasteiger partial charge in [0.25, 0.3) is 0 Å². The molecule has 1 saturated carbocycles. The Morgan fingerprint density at radius 2 is 1.73 bits per heavy atom. The molecule has 0 bridgehead atoms. The largest absolute Gasteiger partial charge is 0.496 e. The van der Waals surface area contributed by atoms with Gasteiger partial charge in [-0.25, -0.2) is 4.79 Å². The maximum atomic E-state index is 13.9. The van der Waals surface area contributed by atoms with Crippen molar-refractivity contribution in [2.75, 3.05) is 26.7 Å². The third kappa shape index (κ3) is 4.16. The summed E-state index contributed by atoms with van der Waals surface area (Å²) in [6.45, 7) is 13.1. The minimum Gasteiger partial charge on any atom is -0.496 e. The van der Waals surface area contributed by atoms with Crippen LogP contribution in [0.2, 0.25) is 0 Å². The number of hydrogen-bond donors (Lipinski definition) is 0. The number of urea groups is 1. The second-order valence-electron chi connectivity index (χ2n) is 11.8. The molecule has 2 aromatic carbocycles. The second-order valence-corrected chi connectivity index (χ2v) is 11.8. The molecule has 3 aliphatic heterocycles. The van der Waals surface area contributed by atoms with E-state index in [1.807, 2.05) is 0 Å². The maximum absolute atomic E-state index is 13.9. The smallest absolute Gasteiger partial charge is 0.325 e. The van der Waals surface area contributed by atoms with Crippen molar-refractivity contribution < 1.29 is 9.53 Å². The minimum atomic E-state index is -0.215. The molecule has 2 saturated heterocycles. The predicted octanol–water partition coefficient (Wildman–Crippen LogP) is 6.48. The number of methoxy groups -OCH3 is 1. The molecule has 0 N–H and O–H groups in total. The van der Waals surface area contributed by atoms with E-state index in [0.29, 0.717) is 12.5 Å². The molecule has 0 radical (unpaired) electrons. The number of hydrogen-bond acceptors (Lipinski definition) is 3. The van der Waals surface area contributed by atoms with Crippen molar-refractivity contribution in [3.05, 3.63) is 75.5 Å². The van der Waals surface area contributed by atoms with E-state index in [1.54, 1.807) is 7.11 Å². The second kappa shape index (κ2) is 9.20. The van der Waals surface area contributed by atoms with Crippen LogP contribution in [0, 0.1) is 13.8 Å². The molecule has 1 aliphatic carbocycles. The number of aryl methyl sites for hydroxylation is 2. The van der Waals surface area contributed by atoms with Crippen LogP contribution < -0.4 is 4.74 Å². The molecule has 4 aliphatic rings. The highest BCUT2D eigenvalue weighted by atomic mass is 16.5. The molecule has 196 valence electrons. The lowest BCUT2D eigenvalue weighted by molar-refractivity contribution is 0.0888. The van der Waals surface area contributed by atoms with Crippen LogP contribution in [-0.4, -0.2) is 53.0 Å². The van der Waals surface area contributed by atoms with E-state index in [1.165, 1.54) is 51.9 Å². The van der Waals surface area contributed by atoms with Crippen molar-refractivity contribution in [3.63, 3.8) is 0 Å². The molecule has 3 fully saturated rings. The average molecular weight is 500 g/mol. The molecule has 1 atom stereocenters. The highest BCUT2D eigenvalue weighted by molar-refractivity contribution is 5.83. The molecule has 3 heterocycles. The number of benzene rings is 2. The number of ether oxygens (including phenoxy) is 1. The number of carbonyl (C=O) groups excluding carboxylic acids is 1. The zero-order chi connectivity index (χ0) is 25.9. The average Bonchev–Trinajstić information content (AvgIpc) is 3.70. The lowest BCUT2D eigenvalue weighted by Crippen LogP contribution is -2.53. The normalized spacial score (nSPS) is 23.1. The van der Waals surface area contributed by atoms with Crippen molar-refractivity contribution >= 4 is 6.03 Å². The number of carbonyl (C=O) groups is 1. The molecule has 1 spiro atoms. The molecule has 0 unspecified atom stereocenters. The number of allylic oxidation sites excluding steroid dienone is 1. The van der Waals surface area contributed by atoms with E-state index in [9.17, 15) is 4.79 Å². The molecule has 37 heavy (non-hydrogen) atoms. The van der Waals surface area contributed by atoms with Gasteiger partial charge in [-0.15, -0.1) is 0 Å². The first kappa shape index (κ1) is 24.5. The third-order valence-electron chi connectivity index (χ3n) is 9.14. The van der Waals surface area contributed by atoms with Crippen LogP contribution in [0.4, 0.5) is 4.79 Å². The van der Waals surface area contributed by atoms with Crippen LogP contribution in [0.25, 0.3) is 0 Å². The quantitative estimate of drug-likeness (QED) is 0.472. The maximum Gasteiger partial charge on any atom is 0.325 e. The Labute approximate surface area is 222 Å². The molecular formula is C32H41N3O2. The number of likely N-dealkylation sites (tertiary alicyclic amines) is 1. The highest BCUT2D eigenvalue weighted by Crippen LogP contribution is 2.50. The Morgan fingerprint density at radius 1 is 1.03 bits per heavy atom. The van der Waals surface area contributed by atoms with Gasteiger partial charge in [-0.05, 0) is 75.1 Å². The zero-order valence-electron chi connectivity index (χ0n) is 23.1. The van der Waals surface area contributed by atoms with Crippen LogP contribution in [0.1, 0.15) is 84.7 Å². The van der Waals surface area contributed by atoms with E-state index in [4.69, 9.17) is 4.74 Å². The van der Waals surface area contributed by atoms with Gasteiger partial charge in [0.1, 0.15) is 5.75 Å². The van der Waals surface area contributed by atoms with E-state index in [-0.39, 0.29) is 17.5 Å². The summed E-state index contributed by atoms with van der Waals surface area (Å²) >= 11 is 0. The summed E-state index contributed by atoms with van der Waals surface area (Å²) < 4.78 is 5.92. The fourth-order valence-corrected chi connectivity index (χ4v) is 7.35. The van der Waals surface area contributed by atoms with E-state index < -0.39 is 0 Å². The molecule has 0 aromatic heterocycles. The van der Waals surface area contributed by atoms with Crippen LogP contribution in [0.5, 0.6) is 5.75 Å². The lowest BCUT2D eigenvalue weighted by Gasteiger charge is -2.44. The molecule has 2 aromatic rings. The van der Waals surface area contributed by atoms with E-state index in [0.717, 1.165) is 44.8 Å². The first-order chi connectivity index (χ1) is 17.8. The number of amides is 2. The molecular weight excluding hydrogens is 458 g/mol. The summed E-state index contributed by atoms with van der Waals surface area (Å²) in [7, 11) is 1.79. The van der Waals surface area contributed by atoms with Crippen molar-refractivity contribution in [3.8, 4) is 5.75 Å². The lowest BCUT2D eigenvalue weighted by atomic mass is 9.82. The fourth-order valence-electron chi connectivity index (χ4n) is 7.35. The zero-order valence-corrected chi connectivity index (χ0v) is 23.1. The van der Waals surface area contributed by atoms with Gasteiger partial charge in [-0.3, -0.25) is 9.80 Å². The van der Waals surface area contributed by atoms with Crippen molar-refractivity contribution in [1.82, 2.24) is 14.7 Å². The Bertz CT molecular complexity index is 1230. The van der Waals surface area contributed by atoms with Crippen LogP contribution in [0.3, 0.4) is 0 Å². The van der Waals surface area contributed by atoms with Gasteiger partial charge in [0.2, 0.25) is 0 Å². The number of nitrogens with zero attached hydrogens (tertiary/aromatic N) is 3. The van der Waals surface area contributed by atoms with Gasteiger partial charge in [0, 0.05) is 43.4 Å². The van der Waals surface area contributed by atoms with Gasteiger partial charge in [-0.1, -0.05) is 48.4 Å². The van der Waals surface area contributed by atoms with Gasteiger partial charge in [-0.2, -0.15) is 0 Å². The third-order valence-corrected chi connectivity index (χ3v) is 9.14. The van der Waals surface area contributed by atoms with Crippen LogP contribution >= 0.6 is 0 Å². The Balaban J connectivity index is 1.31. The summed E-state index contributed by atoms with van der Waals surface area (Å²) in [4.78, 5) is 20.8. The SMILES string of the molecule is CCN1C(=O)N2Cc3cc(C4CC4)cc(OC)c3[C@H](C)C=C2C12CCN(Cc1cc(C)cc(C)c1)CC2. The molecule has 5 heteroatoms. The van der Waals surface area contributed by atoms with Crippen molar-refractivity contribution in [2.45, 2.75) is 83.8 Å². The summed E-state index contributed by atoms with van der Waals surface area (Å²) in [6, 6.07) is 11.7. The number of piperidine rings is 1. The Kier molecular flexibility index (Phi) is 6.10. The Hall–Kier alpha value is -2.79. The predicted molar refractivity (Wildman–Crippen MR) is 148 cm³/mol. The summed E-state index contributed by atoms with van der Waals surface area (Å²) in [5.74, 6) is 1.84. The summed E-state index contributed by atoms with van der Waals surface area (Å²) in [5.41, 5.74) is 8.95. The number of fused-ring (bicyclic) bond motifs is 3. The van der Waals surface area contributed by atoms with Crippen LogP contribution in [-0.2, 0) is 13.1 Å². The summed E-state index contributed by atoms with van der Waals surface area (Å²) in [5, 5.41) is 0. The Morgan fingerprint density at radius 3 is 2.35 bits per heavy atom. The molecule has 2 amide bonds. The fraction of sp³-hybridized carbons (Fsp3) is 0.531. The summed E-state index contributed by atoms with van der Waals surface area (Å²) in [6.07, 6.45) is 6.86. The van der Waals surface area contributed by atoms with Crippen LogP contribution in [0.15, 0.2) is 42.1 Å². The first-order valence-electron chi connectivity index (χ1n) is 14.1. The van der Waals surface area contributed by atoms with E-state index in [2.05, 4.69) is 78.8 Å². The van der Waals surface area contributed by atoms with Crippen molar-refractivity contribution in [2.24, 2.45) is 0 Å². The monoisotopic (exact) mass is 499 g/mol. The van der Waals surface area contributed by atoms with Gasteiger partial charge in [0.05, 0.1) is 19.2 Å². The highest BCUT2D eigenvalue weighted by Gasteiger charge is 2.54. The number of rotatable bonds is 5. The number of likely N-dealkylation sites (N-methyl/N-ethyl adjacent to an activating group) is 1. The molecule has 5 nitrogen and oxygen atoms in total. The minimum absolute atomic E-state index is 0.173. The van der Waals surface area contributed by atoms with Gasteiger partial charge < -0.3 is 9.64 Å². The first-order valence-corrected chi connectivity index (χ1v) is 14.1. The molecule has 6 rings (SSSR count).